The van der Waals surface area contributed by atoms with Crippen LogP contribution in [0.4, 0.5) is 0 Å². The molecule has 2 rings (SSSR count). The number of hydrogen-bond acceptors (Lipinski definition) is 4. The molecule has 7 nitrogen and oxygen atoms in total. The maximum atomic E-state index is 12.5. The van der Waals surface area contributed by atoms with Crippen molar-refractivity contribution in [1.29, 1.82) is 0 Å². The Bertz CT molecular complexity index is 673. The first-order valence-electron chi connectivity index (χ1n) is 11.2. The van der Waals surface area contributed by atoms with Gasteiger partial charge < -0.3 is 19.9 Å². The molecule has 1 heterocycles. The Morgan fingerprint density at radius 3 is 2.29 bits per heavy atom. The summed E-state index contributed by atoms with van der Waals surface area (Å²) in [6, 6.07) is 8.53. The summed E-state index contributed by atoms with van der Waals surface area (Å²) in [5.41, 5.74) is 1.25. The molecule has 31 heavy (non-hydrogen) atoms. The molecule has 1 N–H and O–H groups in total. The van der Waals surface area contributed by atoms with Crippen LogP contribution in [0.2, 0.25) is 0 Å². The second-order valence-corrected chi connectivity index (χ2v) is 7.65. The van der Waals surface area contributed by atoms with E-state index in [1.165, 1.54) is 18.4 Å². The summed E-state index contributed by atoms with van der Waals surface area (Å²) >= 11 is 0. The first-order valence-corrected chi connectivity index (χ1v) is 11.2. The first kappa shape index (κ1) is 27.5. The molecule has 0 bridgehead atoms. The van der Waals surface area contributed by atoms with E-state index in [4.69, 9.17) is 9.73 Å². The minimum absolute atomic E-state index is 0. The second-order valence-electron chi connectivity index (χ2n) is 7.65. The van der Waals surface area contributed by atoms with Crippen molar-refractivity contribution < 1.29 is 9.53 Å². The molecule has 1 atom stereocenters. The summed E-state index contributed by atoms with van der Waals surface area (Å²) in [7, 11) is 3.62. The van der Waals surface area contributed by atoms with Crippen LogP contribution < -0.4 is 10.1 Å². The van der Waals surface area contributed by atoms with Gasteiger partial charge in [0, 0.05) is 26.7 Å². The quantitative estimate of drug-likeness (QED) is 0.278. The monoisotopic (exact) mass is 545 g/mol. The first-order chi connectivity index (χ1) is 14.5. The Hall–Kier alpha value is -1.55. The lowest BCUT2D eigenvalue weighted by Gasteiger charge is -2.29. The van der Waals surface area contributed by atoms with Gasteiger partial charge in [0.2, 0.25) is 5.91 Å². The van der Waals surface area contributed by atoms with Gasteiger partial charge >= 0.3 is 0 Å². The number of guanidine groups is 1. The van der Waals surface area contributed by atoms with E-state index in [0.717, 1.165) is 44.4 Å². The van der Waals surface area contributed by atoms with Crippen molar-refractivity contribution in [2.24, 2.45) is 4.99 Å². The number of likely N-dealkylation sites (tertiary alicyclic amines) is 1. The lowest BCUT2D eigenvalue weighted by Crippen LogP contribution is -2.46. The number of halogens is 1. The Kier molecular flexibility index (Phi) is 12.9. The molecule has 1 aromatic rings. The minimum atomic E-state index is 0. The van der Waals surface area contributed by atoms with Crippen LogP contribution >= 0.6 is 24.0 Å². The number of carbonyl (C=O) groups excluding carboxylic acids is 1. The van der Waals surface area contributed by atoms with Gasteiger partial charge in [0.05, 0.1) is 26.2 Å². The molecule has 1 aliphatic heterocycles. The van der Waals surface area contributed by atoms with E-state index in [2.05, 4.69) is 29.3 Å². The van der Waals surface area contributed by atoms with Crippen LogP contribution in [0, 0.1) is 0 Å². The van der Waals surface area contributed by atoms with E-state index in [1.54, 1.807) is 7.11 Å². The molecule has 176 valence electrons. The number of rotatable bonds is 10. The van der Waals surface area contributed by atoms with Crippen LogP contribution in [0.25, 0.3) is 0 Å². The zero-order valence-electron chi connectivity index (χ0n) is 19.8. The van der Waals surface area contributed by atoms with Crippen LogP contribution in [-0.4, -0.2) is 86.5 Å². The standard InChI is InChI=1S/C23H39N5O2.HI/c1-6-24-23(26(4)18-22(29)27(7-2)8-3)25-17-21(28-15-9-10-16-28)19-11-13-20(30-5)14-12-19;/h11-14,21H,6-10,15-18H2,1-5H3,(H,24,25);1H. The Labute approximate surface area is 205 Å². The van der Waals surface area contributed by atoms with Gasteiger partial charge in [-0.3, -0.25) is 14.7 Å². The lowest BCUT2D eigenvalue weighted by molar-refractivity contribution is -0.131. The third kappa shape index (κ3) is 8.14. The maximum absolute atomic E-state index is 12.5. The zero-order chi connectivity index (χ0) is 21.9. The molecule has 1 unspecified atom stereocenters. The average molecular weight is 546 g/mol. The molecule has 1 aliphatic rings. The molecule has 1 amide bonds. The van der Waals surface area contributed by atoms with Gasteiger partial charge in [-0.2, -0.15) is 0 Å². The van der Waals surface area contributed by atoms with Crippen LogP contribution in [-0.2, 0) is 4.79 Å². The fraction of sp³-hybridized carbons (Fsp3) is 0.652. The molecule has 0 spiro atoms. The molecule has 0 aliphatic carbocycles. The SMILES string of the molecule is CCNC(=NCC(c1ccc(OC)cc1)N1CCCC1)N(C)CC(=O)N(CC)CC.I. The molecule has 1 saturated heterocycles. The predicted octanol–water partition coefficient (Wildman–Crippen LogP) is 3.22. The van der Waals surface area contributed by atoms with Crippen molar-refractivity contribution in [3.05, 3.63) is 29.8 Å². The Morgan fingerprint density at radius 1 is 1.16 bits per heavy atom. The molecule has 0 radical (unpaired) electrons. The highest BCUT2D eigenvalue weighted by Gasteiger charge is 2.24. The normalized spacial score (nSPS) is 15.2. The molecule has 1 fully saturated rings. The van der Waals surface area contributed by atoms with E-state index in [-0.39, 0.29) is 35.9 Å². The topological polar surface area (TPSA) is 60.4 Å². The van der Waals surface area contributed by atoms with Crippen LogP contribution in [0.15, 0.2) is 29.3 Å². The number of likely N-dealkylation sites (N-methyl/N-ethyl adjacent to an activating group) is 2. The number of benzene rings is 1. The smallest absolute Gasteiger partial charge is 0.242 e. The van der Waals surface area contributed by atoms with Crippen LogP contribution in [0.3, 0.4) is 0 Å². The Balaban J connectivity index is 0.00000480. The summed E-state index contributed by atoms with van der Waals surface area (Å²) in [5, 5.41) is 3.35. The highest BCUT2D eigenvalue weighted by atomic mass is 127. The number of aliphatic imine (C=N–C) groups is 1. The lowest BCUT2D eigenvalue weighted by atomic mass is 10.1. The number of carbonyl (C=O) groups is 1. The number of nitrogens with one attached hydrogen (secondary N) is 1. The van der Waals surface area contributed by atoms with Gasteiger partial charge in [-0.1, -0.05) is 12.1 Å². The number of amides is 1. The number of ether oxygens (including phenoxy) is 1. The van der Waals surface area contributed by atoms with Crippen LogP contribution in [0.5, 0.6) is 5.75 Å². The van der Waals surface area contributed by atoms with Gasteiger partial charge in [0.25, 0.3) is 0 Å². The summed E-state index contributed by atoms with van der Waals surface area (Å²) in [4.78, 5) is 23.8. The largest absolute Gasteiger partial charge is 0.497 e. The van der Waals surface area contributed by atoms with Gasteiger partial charge in [-0.05, 0) is 64.4 Å². The van der Waals surface area contributed by atoms with E-state index >= 15 is 0 Å². The van der Waals surface area contributed by atoms with Crippen LogP contribution in [0.1, 0.15) is 45.2 Å². The number of nitrogens with zero attached hydrogens (tertiary/aromatic N) is 4. The maximum Gasteiger partial charge on any atom is 0.242 e. The highest BCUT2D eigenvalue weighted by Crippen LogP contribution is 2.27. The molecule has 1 aromatic carbocycles. The fourth-order valence-electron chi connectivity index (χ4n) is 3.91. The van der Waals surface area contributed by atoms with Crippen molar-refractivity contribution in [2.75, 3.05) is 60.0 Å². The van der Waals surface area contributed by atoms with E-state index in [9.17, 15) is 4.79 Å². The van der Waals surface area contributed by atoms with Gasteiger partial charge in [-0.25, -0.2) is 0 Å². The van der Waals surface area contributed by atoms with Crippen molar-refractivity contribution in [3.8, 4) is 5.75 Å². The van der Waals surface area contributed by atoms with Gasteiger partial charge in [0.15, 0.2) is 5.96 Å². The third-order valence-electron chi connectivity index (χ3n) is 5.68. The van der Waals surface area contributed by atoms with E-state index < -0.39 is 0 Å². The number of methoxy groups -OCH3 is 1. The van der Waals surface area contributed by atoms with E-state index in [0.29, 0.717) is 13.1 Å². The van der Waals surface area contributed by atoms with E-state index in [1.807, 2.05) is 42.8 Å². The van der Waals surface area contributed by atoms with Crippen molar-refractivity contribution in [3.63, 3.8) is 0 Å². The third-order valence-corrected chi connectivity index (χ3v) is 5.68. The zero-order valence-corrected chi connectivity index (χ0v) is 22.1. The molecule has 0 aromatic heterocycles. The minimum Gasteiger partial charge on any atom is -0.497 e. The van der Waals surface area contributed by atoms with Gasteiger partial charge in [0.1, 0.15) is 5.75 Å². The van der Waals surface area contributed by atoms with Crippen molar-refractivity contribution in [2.45, 2.75) is 39.7 Å². The Morgan fingerprint density at radius 2 is 1.77 bits per heavy atom. The molecule has 0 saturated carbocycles. The fourth-order valence-corrected chi connectivity index (χ4v) is 3.91. The molecule has 8 heteroatoms. The highest BCUT2D eigenvalue weighted by molar-refractivity contribution is 14.0. The summed E-state index contributed by atoms with van der Waals surface area (Å²) in [6.07, 6.45) is 2.46. The summed E-state index contributed by atoms with van der Waals surface area (Å²) < 4.78 is 5.32. The van der Waals surface area contributed by atoms with Crippen molar-refractivity contribution in [1.82, 2.24) is 20.0 Å². The molecular formula is C23H40IN5O2. The summed E-state index contributed by atoms with van der Waals surface area (Å²) in [5.74, 6) is 1.76. The van der Waals surface area contributed by atoms with Crippen molar-refractivity contribution >= 4 is 35.8 Å². The second kappa shape index (κ2) is 14.5. The van der Waals surface area contributed by atoms with Gasteiger partial charge in [-0.15, -0.1) is 24.0 Å². The average Bonchev–Trinajstić information content (AvgIpc) is 3.29. The molecular weight excluding hydrogens is 505 g/mol. The predicted molar refractivity (Wildman–Crippen MR) is 138 cm³/mol. The number of hydrogen-bond donors (Lipinski definition) is 1. The summed E-state index contributed by atoms with van der Waals surface area (Å²) in [6.45, 7) is 11.5.